The summed E-state index contributed by atoms with van der Waals surface area (Å²) in [5, 5.41) is 5.43. The summed E-state index contributed by atoms with van der Waals surface area (Å²) in [5.74, 6) is 0.460. The van der Waals surface area contributed by atoms with Crippen LogP contribution in [0.2, 0.25) is 0 Å². The molecule has 0 saturated heterocycles. The van der Waals surface area contributed by atoms with E-state index < -0.39 is 11.8 Å². The van der Waals surface area contributed by atoms with Gasteiger partial charge in [-0.3, -0.25) is 9.59 Å². The Morgan fingerprint density at radius 2 is 1.75 bits per heavy atom. The normalized spacial score (nSPS) is 11.0. The topological polar surface area (TPSA) is 80.6 Å². The van der Waals surface area contributed by atoms with Gasteiger partial charge in [0.05, 0.1) is 19.9 Å². The SMILES string of the molecule is COc1ccc(C(=O)N/C(=C\c2ccccc2)C(=O)NCc2ccco2)cc1. The Balaban J connectivity index is 1.77. The van der Waals surface area contributed by atoms with Crippen LogP contribution in [0.15, 0.2) is 83.1 Å². The van der Waals surface area contributed by atoms with Crippen molar-refractivity contribution in [2.75, 3.05) is 7.11 Å². The summed E-state index contributed by atoms with van der Waals surface area (Å²) in [6, 6.07) is 19.4. The molecule has 0 bridgehead atoms. The van der Waals surface area contributed by atoms with Crippen LogP contribution in [-0.4, -0.2) is 18.9 Å². The van der Waals surface area contributed by atoms with Crippen molar-refractivity contribution in [3.05, 3.63) is 95.6 Å². The molecule has 1 aromatic heterocycles. The Labute approximate surface area is 162 Å². The molecule has 3 aromatic rings. The van der Waals surface area contributed by atoms with E-state index in [1.165, 1.54) is 6.26 Å². The van der Waals surface area contributed by atoms with Crippen LogP contribution in [0.5, 0.6) is 5.75 Å². The molecule has 2 aromatic carbocycles. The maximum absolute atomic E-state index is 12.7. The Bertz CT molecular complexity index is 946. The molecule has 0 aliphatic rings. The number of hydrogen-bond donors (Lipinski definition) is 2. The first kappa shape index (κ1) is 19.0. The van der Waals surface area contributed by atoms with E-state index in [0.717, 1.165) is 5.56 Å². The average molecular weight is 376 g/mol. The van der Waals surface area contributed by atoms with Crippen LogP contribution in [0.3, 0.4) is 0 Å². The molecule has 0 saturated carbocycles. The van der Waals surface area contributed by atoms with Crippen LogP contribution >= 0.6 is 0 Å². The molecule has 142 valence electrons. The van der Waals surface area contributed by atoms with Gasteiger partial charge in [-0.2, -0.15) is 0 Å². The number of ether oxygens (including phenoxy) is 1. The van der Waals surface area contributed by atoms with E-state index in [1.807, 2.05) is 30.3 Å². The zero-order chi connectivity index (χ0) is 19.8. The molecule has 0 aliphatic carbocycles. The summed E-state index contributed by atoms with van der Waals surface area (Å²) < 4.78 is 10.3. The first-order chi connectivity index (χ1) is 13.7. The summed E-state index contributed by atoms with van der Waals surface area (Å²) >= 11 is 0. The number of hydrogen-bond acceptors (Lipinski definition) is 4. The second-order valence-corrected chi connectivity index (χ2v) is 5.91. The zero-order valence-electron chi connectivity index (χ0n) is 15.3. The highest BCUT2D eigenvalue weighted by Gasteiger charge is 2.15. The van der Waals surface area contributed by atoms with Crippen LogP contribution in [0.1, 0.15) is 21.7 Å². The Hall–Kier alpha value is -3.80. The van der Waals surface area contributed by atoms with Crippen LogP contribution in [0.25, 0.3) is 6.08 Å². The molecule has 0 fully saturated rings. The van der Waals surface area contributed by atoms with E-state index in [0.29, 0.717) is 17.1 Å². The van der Waals surface area contributed by atoms with E-state index in [2.05, 4.69) is 10.6 Å². The minimum absolute atomic E-state index is 0.138. The van der Waals surface area contributed by atoms with Crippen molar-refractivity contribution in [2.24, 2.45) is 0 Å². The Morgan fingerprint density at radius 3 is 2.39 bits per heavy atom. The third kappa shape index (κ3) is 5.11. The molecule has 2 N–H and O–H groups in total. The highest BCUT2D eigenvalue weighted by molar-refractivity contribution is 6.05. The van der Waals surface area contributed by atoms with Gasteiger partial charge < -0.3 is 19.8 Å². The molecule has 3 rings (SSSR count). The lowest BCUT2D eigenvalue weighted by atomic mass is 10.1. The van der Waals surface area contributed by atoms with Crippen LogP contribution in [-0.2, 0) is 11.3 Å². The summed E-state index contributed by atoms with van der Waals surface area (Å²) in [6.45, 7) is 0.219. The molecule has 0 unspecified atom stereocenters. The van der Waals surface area contributed by atoms with Gasteiger partial charge in [-0.15, -0.1) is 0 Å². The fourth-order valence-electron chi connectivity index (χ4n) is 2.49. The Kier molecular flexibility index (Phi) is 6.25. The summed E-state index contributed by atoms with van der Waals surface area (Å²) in [6.07, 6.45) is 3.16. The summed E-state index contributed by atoms with van der Waals surface area (Å²) in [4.78, 5) is 25.2. The standard InChI is InChI=1S/C22H20N2O4/c1-27-18-11-9-17(10-12-18)21(25)24-20(14-16-6-3-2-4-7-16)22(26)23-15-19-8-5-13-28-19/h2-14H,15H2,1H3,(H,23,26)(H,24,25)/b20-14-. The predicted octanol–water partition coefficient (Wildman–Crippen LogP) is 3.38. The maximum atomic E-state index is 12.7. The summed E-state index contributed by atoms with van der Waals surface area (Å²) in [7, 11) is 1.55. The van der Waals surface area contributed by atoms with Crippen molar-refractivity contribution in [1.82, 2.24) is 10.6 Å². The smallest absolute Gasteiger partial charge is 0.268 e. The highest BCUT2D eigenvalue weighted by Crippen LogP contribution is 2.12. The number of nitrogens with one attached hydrogen (secondary N) is 2. The molecule has 0 aliphatic heterocycles. The van der Waals surface area contributed by atoms with E-state index in [9.17, 15) is 9.59 Å². The monoisotopic (exact) mass is 376 g/mol. The third-order valence-corrected chi connectivity index (χ3v) is 3.96. The number of benzene rings is 2. The molecular formula is C22H20N2O4. The molecular weight excluding hydrogens is 356 g/mol. The van der Waals surface area contributed by atoms with E-state index >= 15 is 0 Å². The van der Waals surface area contributed by atoms with Crippen molar-refractivity contribution >= 4 is 17.9 Å². The fraction of sp³-hybridized carbons (Fsp3) is 0.0909. The van der Waals surface area contributed by atoms with Gasteiger partial charge in [-0.05, 0) is 48.0 Å². The maximum Gasteiger partial charge on any atom is 0.268 e. The zero-order valence-corrected chi connectivity index (χ0v) is 15.3. The molecule has 6 nitrogen and oxygen atoms in total. The number of carbonyl (C=O) groups is 2. The first-order valence-electron chi connectivity index (χ1n) is 8.68. The molecule has 6 heteroatoms. The lowest BCUT2D eigenvalue weighted by Crippen LogP contribution is -2.34. The van der Waals surface area contributed by atoms with Crippen molar-refractivity contribution in [3.63, 3.8) is 0 Å². The lowest BCUT2D eigenvalue weighted by Gasteiger charge is -2.11. The lowest BCUT2D eigenvalue weighted by molar-refractivity contribution is -0.118. The van der Waals surface area contributed by atoms with Crippen LogP contribution in [0.4, 0.5) is 0 Å². The van der Waals surface area contributed by atoms with Crippen molar-refractivity contribution in [2.45, 2.75) is 6.54 Å². The minimum Gasteiger partial charge on any atom is -0.497 e. The van der Waals surface area contributed by atoms with Gasteiger partial charge in [0.25, 0.3) is 11.8 Å². The van der Waals surface area contributed by atoms with Gasteiger partial charge in [0.15, 0.2) is 0 Å². The number of methoxy groups -OCH3 is 1. The van der Waals surface area contributed by atoms with Crippen LogP contribution < -0.4 is 15.4 Å². The second kappa shape index (κ2) is 9.23. The van der Waals surface area contributed by atoms with Crippen molar-refractivity contribution in [1.29, 1.82) is 0 Å². The van der Waals surface area contributed by atoms with Gasteiger partial charge in [0, 0.05) is 5.56 Å². The number of furan rings is 1. The molecule has 2 amide bonds. The molecule has 0 spiro atoms. The number of carbonyl (C=O) groups excluding carboxylic acids is 2. The van der Waals surface area contributed by atoms with Gasteiger partial charge in [-0.25, -0.2) is 0 Å². The van der Waals surface area contributed by atoms with Crippen LogP contribution in [0, 0.1) is 0 Å². The molecule has 28 heavy (non-hydrogen) atoms. The molecule has 1 heterocycles. The number of amides is 2. The largest absolute Gasteiger partial charge is 0.497 e. The van der Waals surface area contributed by atoms with E-state index in [1.54, 1.807) is 49.6 Å². The quantitative estimate of drug-likeness (QED) is 0.620. The molecule has 0 atom stereocenters. The van der Waals surface area contributed by atoms with Gasteiger partial charge in [0.2, 0.25) is 0 Å². The van der Waals surface area contributed by atoms with Gasteiger partial charge >= 0.3 is 0 Å². The Morgan fingerprint density at radius 1 is 1.00 bits per heavy atom. The minimum atomic E-state index is -0.415. The fourth-order valence-corrected chi connectivity index (χ4v) is 2.49. The first-order valence-corrected chi connectivity index (χ1v) is 8.68. The molecule has 0 radical (unpaired) electrons. The van der Waals surface area contributed by atoms with Crippen molar-refractivity contribution < 1.29 is 18.7 Å². The highest BCUT2D eigenvalue weighted by atomic mass is 16.5. The predicted molar refractivity (Wildman–Crippen MR) is 105 cm³/mol. The van der Waals surface area contributed by atoms with Gasteiger partial charge in [0.1, 0.15) is 17.2 Å². The van der Waals surface area contributed by atoms with Gasteiger partial charge in [-0.1, -0.05) is 30.3 Å². The van der Waals surface area contributed by atoms with E-state index in [4.69, 9.17) is 9.15 Å². The second-order valence-electron chi connectivity index (χ2n) is 5.91. The number of rotatable bonds is 7. The summed E-state index contributed by atoms with van der Waals surface area (Å²) in [5.41, 5.74) is 1.35. The van der Waals surface area contributed by atoms with E-state index in [-0.39, 0.29) is 12.2 Å². The third-order valence-electron chi connectivity index (χ3n) is 3.96. The average Bonchev–Trinajstić information content (AvgIpc) is 3.26. The van der Waals surface area contributed by atoms with Crippen molar-refractivity contribution in [3.8, 4) is 5.75 Å².